The molecule has 31 heavy (non-hydrogen) atoms. The summed E-state index contributed by atoms with van der Waals surface area (Å²) in [6.45, 7) is 0. The molecule has 0 saturated carbocycles. The molecule has 0 saturated heterocycles. The van der Waals surface area contributed by atoms with Gasteiger partial charge in [-0.05, 0) is 29.8 Å². The van der Waals surface area contributed by atoms with E-state index in [4.69, 9.17) is 26.2 Å². The molecule has 1 aliphatic heterocycles. The Labute approximate surface area is 186 Å². The van der Waals surface area contributed by atoms with Gasteiger partial charge in [0.15, 0.2) is 6.23 Å². The summed E-state index contributed by atoms with van der Waals surface area (Å²) >= 11 is 6.22. The van der Waals surface area contributed by atoms with Gasteiger partial charge in [0, 0.05) is 23.7 Å². The molecule has 6 nitrogen and oxygen atoms in total. The predicted molar refractivity (Wildman–Crippen MR) is 121 cm³/mol. The zero-order valence-corrected chi connectivity index (χ0v) is 18.3. The van der Waals surface area contributed by atoms with Crippen LogP contribution in [0.5, 0.6) is 5.75 Å². The van der Waals surface area contributed by atoms with E-state index in [9.17, 15) is 8.42 Å². The number of nitrogens with zero attached hydrogens (tertiary/aromatic N) is 1. The van der Waals surface area contributed by atoms with Crippen LogP contribution in [0.2, 0.25) is 5.02 Å². The van der Waals surface area contributed by atoms with Crippen LogP contribution in [0.1, 0.15) is 11.1 Å². The van der Waals surface area contributed by atoms with E-state index in [1.54, 1.807) is 31.6 Å². The summed E-state index contributed by atoms with van der Waals surface area (Å²) in [6, 6.07) is 21.9. The van der Waals surface area contributed by atoms with Gasteiger partial charge in [-0.3, -0.25) is 0 Å². The smallest absolute Gasteiger partial charge is 0.238 e. The number of anilines is 1. The Morgan fingerprint density at radius 3 is 2.42 bits per heavy atom. The van der Waals surface area contributed by atoms with Crippen molar-refractivity contribution in [2.24, 2.45) is 5.14 Å². The molecule has 0 bridgehead atoms. The van der Waals surface area contributed by atoms with E-state index in [0.717, 1.165) is 22.5 Å². The number of methoxy groups -OCH3 is 1. The molecule has 1 unspecified atom stereocenters. The second-order valence-electron chi connectivity index (χ2n) is 7.04. The van der Waals surface area contributed by atoms with Crippen LogP contribution in [0.4, 0.5) is 5.69 Å². The van der Waals surface area contributed by atoms with E-state index in [-0.39, 0.29) is 11.1 Å². The van der Waals surface area contributed by atoms with Crippen molar-refractivity contribution in [3.8, 4) is 5.75 Å². The Hall–Kier alpha value is -3.00. The summed E-state index contributed by atoms with van der Waals surface area (Å²) in [5.41, 5.74) is 3.53. The van der Waals surface area contributed by atoms with Crippen LogP contribution in [0.25, 0.3) is 5.70 Å². The summed E-state index contributed by atoms with van der Waals surface area (Å²) < 4.78 is 34.7. The molecule has 3 aromatic carbocycles. The summed E-state index contributed by atoms with van der Waals surface area (Å²) in [5, 5.41) is 5.74. The van der Waals surface area contributed by atoms with Crippen molar-refractivity contribution >= 4 is 33.0 Å². The largest absolute Gasteiger partial charge is 0.495 e. The quantitative estimate of drug-likeness (QED) is 0.594. The van der Waals surface area contributed by atoms with Gasteiger partial charge in [0.2, 0.25) is 10.0 Å². The third-order valence-corrected chi connectivity index (χ3v) is 6.27. The summed E-state index contributed by atoms with van der Waals surface area (Å²) in [6.07, 6.45) is 2.02. The second-order valence-corrected chi connectivity index (χ2v) is 9.01. The molecule has 1 atom stereocenters. The Bertz CT molecular complexity index is 1210. The molecule has 0 aromatic heterocycles. The highest BCUT2D eigenvalue weighted by atomic mass is 35.5. The molecule has 0 spiro atoms. The average molecular weight is 457 g/mol. The monoisotopic (exact) mass is 456 g/mol. The molecule has 2 N–H and O–H groups in total. The van der Waals surface area contributed by atoms with Crippen molar-refractivity contribution in [1.29, 1.82) is 0 Å². The van der Waals surface area contributed by atoms with Crippen LogP contribution >= 0.6 is 11.6 Å². The lowest BCUT2D eigenvalue weighted by molar-refractivity contribution is 0.172. The second kappa shape index (κ2) is 8.63. The molecule has 160 valence electrons. The number of rotatable bonds is 6. The molecule has 1 aliphatic rings. The van der Waals surface area contributed by atoms with Gasteiger partial charge < -0.3 is 14.4 Å². The Kier molecular flexibility index (Phi) is 5.91. The minimum absolute atomic E-state index is 0.0521. The molecule has 0 radical (unpaired) electrons. The van der Waals surface area contributed by atoms with E-state index < -0.39 is 10.0 Å². The van der Waals surface area contributed by atoms with Crippen LogP contribution in [0.15, 0.2) is 84.0 Å². The Morgan fingerprint density at radius 1 is 1.06 bits per heavy atom. The highest BCUT2D eigenvalue weighted by molar-refractivity contribution is 7.89. The van der Waals surface area contributed by atoms with Crippen molar-refractivity contribution in [3.63, 3.8) is 0 Å². The van der Waals surface area contributed by atoms with E-state index in [2.05, 4.69) is 0 Å². The number of primary sulfonamides is 1. The van der Waals surface area contributed by atoms with Crippen molar-refractivity contribution in [2.45, 2.75) is 17.5 Å². The first-order valence-electron chi connectivity index (χ1n) is 9.52. The molecule has 8 heteroatoms. The Morgan fingerprint density at radius 2 is 1.77 bits per heavy atom. The fourth-order valence-corrected chi connectivity index (χ4v) is 4.21. The third kappa shape index (κ3) is 4.54. The van der Waals surface area contributed by atoms with Gasteiger partial charge in [0.25, 0.3) is 0 Å². The molecule has 0 amide bonds. The standard InChI is InChI=1S/C23H21ClN2O4S/c1-29-22-14-18(9-12-20(22)24)26-21(17-7-10-19(11-8-17)31(25,27)28)15-30-23(26)13-16-5-3-2-4-6-16/h2-12,14-15,23H,13H2,1H3,(H2,25,27,28). The van der Waals surface area contributed by atoms with Gasteiger partial charge in [0.05, 0.1) is 22.7 Å². The van der Waals surface area contributed by atoms with Gasteiger partial charge in [-0.15, -0.1) is 0 Å². The number of sulfonamides is 1. The minimum atomic E-state index is -3.77. The zero-order chi connectivity index (χ0) is 22.0. The topological polar surface area (TPSA) is 81.9 Å². The number of halogens is 1. The van der Waals surface area contributed by atoms with Crippen LogP contribution in [0, 0.1) is 0 Å². The van der Waals surface area contributed by atoms with Crippen LogP contribution < -0.4 is 14.8 Å². The number of nitrogens with two attached hydrogens (primary N) is 1. The van der Waals surface area contributed by atoms with Crippen LogP contribution in [-0.2, 0) is 21.2 Å². The third-order valence-electron chi connectivity index (χ3n) is 5.03. The van der Waals surface area contributed by atoms with Gasteiger partial charge in [-0.25, -0.2) is 13.6 Å². The summed E-state index contributed by atoms with van der Waals surface area (Å²) in [5.74, 6) is 0.549. The van der Waals surface area contributed by atoms with E-state index in [1.165, 1.54) is 12.1 Å². The maximum Gasteiger partial charge on any atom is 0.238 e. The van der Waals surface area contributed by atoms with E-state index in [1.807, 2.05) is 47.4 Å². The molecule has 4 rings (SSSR count). The fourth-order valence-electron chi connectivity index (χ4n) is 3.50. The molecule has 1 heterocycles. The lowest BCUT2D eigenvalue weighted by atomic mass is 10.1. The van der Waals surface area contributed by atoms with Crippen molar-refractivity contribution < 1.29 is 17.9 Å². The van der Waals surface area contributed by atoms with Gasteiger partial charge in [-0.2, -0.15) is 0 Å². The Balaban J connectivity index is 1.73. The van der Waals surface area contributed by atoms with Crippen LogP contribution in [0.3, 0.4) is 0 Å². The first-order chi connectivity index (χ1) is 14.9. The normalized spacial score (nSPS) is 16.0. The fraction of sp³-hybridized carbons (Fsp3) is 0.130. The van der Waals surface area contributed by atoms with Crippen LogP contribution in [-0.4, -0.2) is 21.8 Å². The molecule has 0 fully saturated rings. The number of hydrogen-bond acceptors (Lipinski definition) is 5. The first kappa shape index (κ1) is 21.2. The lowest BCUT2D eigenvalue weighted by Gasteiger charge is -2.28. The van der Waals surface area contributed by atoms with Gasteiger partial charge in [-0.1, -0.05) is 54.1 Å². The van der Waals surface area contributed by atoms with Gasteiger partial charge >= 0.3 is 0 Å². The van der Waals surface area contributed by atoms with Crippen molar-refractivity contribution in [3.05, 3.63) is 95.2 Å². The number of ether oxygens (including phenoxy) is 2. The van der Waals surface area contributed by atoms with E-state index >= 15 is 0 Å². The summed E-state index contributed by atoms with van der Waals surface area (Å²) in [7, 11) is -2.20. The maximum atomic E-state index is 11.6. The van der Waals surface area contributed by atoms with Crippen molar-refractivity contribution in [1.82, 2.24) is 0 Å². The van der Waals surface area contributed by atoms with Crippen molar-refractivity contribution in [2.75, 3.05) is 12.0 Å². The first-order valence-corrected chi connectivity index (χ1v) is 11.4. The highest BCUT2D eigenvalue weighted by Crippen LogP contribution is 2.38. The highest BCUT2D eigenvalue weighted by Gasteiger charge is 2.31. The minimum Gasteiger partial charge on any atom is -0.495 e. The molecular formula is C23H21ClN2O4S. The molecule has 3 aromatic rings. The molecule has 0 aliphatic carbocycles. The number of benzene rings is 3. The number of hydrogen-bond donors (Lipinski definition) is 1. The predicted octanol–water partition coefficient (Wildman–Crippen LogP) is 4.40. The maximum absolute atomic E-state index is 11.6. The summed E-state index contributed by atoms with van der Waals surface area (Å²) in [4.78, 5) is 2.09. The molecular weight excluding hydrogens is 436 g/mol. The SMILES string of the molecule is COc1cc(N2C(c3ccc(S(N)(=O)=O)cc3)=COC2Cc2ccccc2)ccc1Cl. The van der Waals surface area contributed by atoms with Gasteiger partial charge in [0.1, 0.15) is 12.0 Å². The lowest BCUT2D eigenvalue weighted by Crippen LogP contribution is -2.32. The zero-order valence-electron chi connectivity index (χ0n) is 16.7. The van der Waals surface area contributed by atoms with E-state index in [0.29, 0.717) is 17.2 Å². The average Bonchev–Trinajstić information content (AvgIpc) is 3.18.